The summed E-state index contributed by atoms with van der Waals surface area (Å²) in [5.74, 6) is -0.165. The number of hydrogen-bond donors (Lipinski definition) is 2. The molecule has 0 spiro atoms. The zero-order valence-corrected chi connectivity index (χ0v) is 11.9. The summed E-state index contributed by atoms with van der Waals surface area (Å²) in [6, 6.07) is 7.92. The molecule has 0 aliphatic carbocycles. The van der Waals surface area contributed by atoms with Crippen molar-refractivity contribution in [1.29, 1.82) is 0 Å². The lowest BCUT2D eigenvalue weighted by Crippen LogP contribution is -2.13. The highest BCUT2D eigenvalue weighted by atomic mass is 127. The summed E-state index contributed by atoms with van der Waals surface area (Å²) >= 11 is 7.85. The van der Waals surface area contributed by atoms with E-state index in [9.17, 15) is 9.90 Å². The van der Waals surface area contributed by atoms with Crippen molar-refractivity contribution in [2.45, 2.75) is 0 Å². The molecule has 0 fully saturated rings. The van der Waals surface area contributed by atoms with Gasteiger partial charge >= 0.3 is 0 Å². The van der Waals surface area contributed by atoms with Crippen LogP contribution >= 0.6 is 34.2 Å². The number of phenols is 1. The largest absolute Gasteiger partial charge is 0.507 e. The maximum atomic E-state index is 11.9. The Morgan fingerprint density at radius 2 is 2.11 bits per heavy atom. The number of amides is 1. The van der Waals surface area contributed by atoms with Gasteiger partial charge in [0.05, 0.1) is 5.56 Å². The third kappa shape index (κ3) is 3.11. The van der Waals surface area contributed by atoms with Crippen LogP contribution in [-0.4, -0.2) is 16.0 Å². The number of phenolic OH excluding ortho intramolecular Hbond substituents is 1. The molecule has 6 heteroatoms. The molecule has 2 aromatic rings. The number of aromatic hydroxyl groups is 1. The van der Waals surface area contributed by atoms with E-state index >= 15 is 0 Å². The van der Waals surface area contributed by atoms with Crippen LogP contribution in [0.15, 0.2) is 36.5 Å². The molecule has 1 aromatic carbocycles. The predicted octanol–water partition coefficient (Wildman–Crippen LogP) is 3.30. The maximum Gasteiger partial charge on any atom is 0.260 e. The van der Waals surface area contributed by atoms with Gasteiger partial charge in [-0.25, -0.2) is 4.98 Å². The number of halogens is 2. The fourth-order valence-electron chi connectivity index (χ4n) is 1.35. The van der Waals surface area contributed by atoms with Crippen LogP contribution in [0.3, 0.4) is 0 Å². The van der Waals surface area contributed by atoms with Gasteiger partial charge in [-0.2, -0.15) is 0 Å². The van der Waals surface area contributed by atoms with Gasteiger partial charge in [-0.1, -0.05) is 11.6 Å². The van der Waals surface area contributed by atoms with E-state index in [4.69, 9.17) is 11.6 Å². The average molecular weight is 375 g/mol. The SMILES string of the molecule is O=C(Nc1cc(Cl)ccn1)c1cc(I)ccc1O. The molecule has 92 valence electrons. The summed E-state index contributed by atoms with van der Waals surface area (Å²) < 4.78 is 0.856. The molecule has 0 radical (unpaired) electrons. The highest BCUT2D eigenvalue weighted by Crippen LogP contribution is 2.21. The third-order valence-electron chi connectivity index (χ3n) is 2.17. The van der Waals surface area contributed by atoms with Crippen LogP contribution in [-0.2, 0) is 0 Å². The minimum atomic E-state index is -0.430. The van der Waals surface area contributed by atoms with Crippen molar-refractivity contribution in [3.63, 3.8) is 0 Å². The maximum absolute atomic E-state index is 11.9. The zero-order valence-electron chi connectivity index (χ0n) is 9.02. The van der Waals surface area contributed by atoms with E-state index in [-0.39, 0.29) is 11.3 Å². The Bertz CT molecular complexity index is 604. The number of hydrogen-bond acceptors (Lipinski definition) is 3. The van der Waals surface area contributed by atoms with E-state index < -0.39 is 5.91 Å². The van der Waals surface area contributed by atoms with Crippen LogP contribution in [0.1, 0.15) is 10.4 Å². The monoisotopic (exact) mass is 374 g/mol. The summed E-state index contributed by atoms with van der Waals surface area (Å²) in [6.07, 6.45) is 1.49. The summed E-state index contributed by atoms with van der Waals surface area (Å²) in [5.41, 5.74) is 0.198. The minimum Gasteiger partial charge on any atom is -0.507 e. The first kappa shape index (κ1) is 13.1. The number of pyridine rings is 1. The number of carbonyl (C=O) groups excluding carboxylic acids is 1. The van der Waals surface area contributed by atoms with Crippen molar-refractivity contribution < 1.29 is 9.90 Å². The van der Waals surface area contributed by atoms with Gasteiger partial charge < -0.3 is 10.4 Å². The molecule has 2 rings (SSSR count). The molecule has 0 atom stereocenters. The Morgan fingerprint density at radius 3 is 2.83 bits per heavy atom. The predicted molar refractivity (Wildman–Crippen MR) is 78.0 cm³/mol. The van der Waals surface area contributed by atoms with Crippen LogP contribution in [0.2, 0.25) is 5.02 Å². The number of aromatic nitrogens is 1. The Labute approximate surface area is 122 Å². The molecule has 0 aliphatic heterocycles. The van der Waals surface area contributed by atoms with Gasteiger partial charge in [0, 0.05) is 14.8 Å². The van der Waals surface area contributed by atoms with Crippen molar-refractivity contribution in [1.82, 2.24) is 4.98 Å². The van der Waals surface area contributed by atoms with Crippen molar-refractivity contribution in [2.75, 3.05) is 5.32 Å². The third-order valence-corrected chi connectivity index (χ3v) is 3.07. The highest BCUT2D eigenvalue weighted by molar-refractivity contribution is 14.1. The molecule has 0 bridgehead atoms. The quantitative estimate of drug-likeness (QED) is 0.793. The fraction of sp³-hybridized carbons (Fsp3) is 0. The molecule has 0 unspecified atom stereocenters. The Balaban J connectivity index is 2.24. The van der Waals surface area contributed by atoms with E-state index in [2.05, 4.69) is 32.9 Å². The average Bonchev–Trinajstić information content (AvgIpc) is 2.32. The molecule has 18 heavy (non-hydrogen) atoms. The van der Waals surface area contributed by atoms with Crippen molar-refractivity contribution >= 4 is 45.9 Å². The van der Waals surface area contributed by atoms with Crippen LogP contribution in [0.25, 0.3) is 0 Å². The van der Waals surface area contributed by atoms with Gasteiger partial charge in [-0.3, -0.25) is 4.79 Å². The topological polar surface area (TPSA) is 62.2 Å². The molecule has 1 amide bonds. The first-order valence-corrected chi connectivity index (χ1v) is 6.43. The highest BCUT2D eigenvalue weighted by Gasteiger charge is 2.12. The van der Waals surface area contributed by atoms with Crippen molar-refractivity contribution in [2.24, 2.45) is 0 Å². The second-order valence-corrected chi connectivity index (χ2v) is 5.16. The van der Waals surface area contributed by atoms with Crippen molar-refractivity contribution in [3.05, 3.63) is 50.7 Å². The standard InChI is InChI=1S/C12H8ClIN2O2/c13-7-3-4-15-11(5-7)16-12(18)9-6-8(14)1-2-10(9)17/h1-6,17H,(H,15,16,18). The lowest BCUT2D eigenvalue weighted by Gasteiger charge is -2.06. The summed E-state index contributed by atoms with van der Waals surface area (Å²) in [4.78, 5) is 15.9. The fourth-order valence-corrected chi connectivity index (χ4v) is 2.00. The lowest BCUT2D eigenvalue weighted by molar-refractivity contribution is 0.102. The molecule has 4 nitrogen and oxygen atoms in total. The van der Waals surface area contributed by atoms with Crippen molar-refractivity contribution in [3.8, 4) is 5.75 Å². The lowest BCUT2D eigenvalue weighted by atomic mass is 10.2. The molecule has 0 saturated heterocycles. The van der Waals surface area contributed by atoms with E-state index in [1.54, 1.807) is 18.2 Å². The minimum absolute atomic E-state index is 0.0741. The van der Waals surface area contributed by atoms with Gasteiger partial charge in [0.15, 0.2) is 0 Å². The van der Waals surface area contributed by atoms with E-state index in [1.807, 2.05) is 0 Å². The molecule has 1 aromatic heterocycles. The molecular formula is C12H8ClIN2O2. The summed E-state index contributed by atoms with van der Waals surface area (Å²) in [7, 11) is 0. The second-order valence-electron chi connectivity index (χ2n) is 3.47. The first-order valence-electron chi connectivity index (χ1n) is 4.97. The summed E-state index contributed by atoms with van der Waals surface area (Å²) in [6.45, 7) is 0. The number of anilines is 1. The smallest absolute Gasteiger partial charge is 0.260 e. The van der Waals surface area contributed by atoms with E-state index in [0.717, 1.165) is 3.57 Å². The molecule has 0 saturated carbocycles. The number of benzene rings is 1. The Kier molecular flexibility index (Phi) is 4.03. The number of rotatable bonds is 2. The van der Waals surface area contributed by atoms with Crippen LogP contribution in [0.5, 0.6) is 5.75 Å². The van der Waals surface area contributed by atoms with Gasteiger partial charge in [0.25, 0.3) is 5.91 Å². The van der Waals surface area contributed by atoms with Gasteiger partial charge in [-0.05, 0) is 52.9 Å². The normalized spacial score (nSPS) is 10.1. The summed E-state index contributed by atoms with van der Waals surface area (Å²) in [5, 5.41) is 12.7. The first-order chi connectivity index (χ1) is 8.56. The van der Waals surface area contributed by atoms with Gasteiger partial charge in [-0.15, -0.1) is 0 Å². The van der Waals surface area contributed by atoms with Gasteiger partial charge in [0.2, 0.25) is 0 Å². The number of nitrogens with one attached hydrogen (secondary N) is 1. The van der Waals surface area contributed by atoms with Crippen LogP contribution in [0, 0.1) is 3.57 Å². The Hall–Kier alpha value is -1.34. The zero-order chi connectivity index (χ0) is 13.1. The van der Waals surface area contributed by atoms with Crippen LogP contribution < -0.4 is 5.32 Å². The second kappa shape index (κ2) is 5.53. The van der Waals surface area contributed by atoms with E-state index in [1.165, 1.54) is 18.3 Å². The molecule has 2 N–H and O–H groups in total. The molecule has 0 aliphatic rings. The van der Waals surface area contributed by atoms with E-state index in [0.29, 0.717) is 10.8 Å². The molecule has 1 heterocycles. The van der Waals surface area contributed by atoms with Gasteiger partial charge in [0.1, 0.15) is 11.6 Å². The van der Waals surface area contributed by atoms with Crippen LogP contribution in [0.4, 0.5) is 5.82 Å². The number of carbonyl (C=O) groups is 1. The number of nitrogens with zero attached hydrogens (tertiary/aromatic N) is 1. The Morgan fingerprint density at radius 1 is 1.33 bits per heavy atom. The molecular weight excluding hydrogens is 367 g/mol.